The molecule has 1 atom stereocenters. The number of nitrogens with one attached hydrogen (secondary N) is 2. The van der Waals surface area contributed by atoms with E-state index in [1.807, 2.05) is 6.92 Å². The van der Waals surface area contributed by atoms with Crippen molar-refractivity contribution in [3.05, 3.63) is 45.4 Å². The molecule has 0 saturated carbocycles. The fourth-order valence-electron chi connectivity index (χ4n) is 1.73. The fraction of sp³-hybridized carbons (Fsp3) is 0.250. The Hall–Kier alpha value is -1.66. The average molecular weight is 297 g/mol. The summed E-state index contributed by atoms with van der Waals surface area (Å²) >= 11 is 11.0. The molecule has 7 heteroatoms. The van der Waals surface area contributed by atoms with Crippen LogP contribution >= 0.6 is 23.8 Å². The van der Waals surface area contributed by atoms with Gasteiger partial charge in [0.1, 0.15) is 0 Å². The number of nitrogens with zero attached hydrogens (tertiary/aromatic N) is 2. The number of hydrogen-bond donors (Lipinski definition) is 2. The molecule has 0 aliphatic rings. The first kappa shape index (κ1) is 13.8. The molecule has 0 fully saturated rings. The molecule has 5 nitrogen and oxygen atoms in total. The lowest BCUT2D eigenvalue weighted by atomic mass is 10.2. The van der Waals surface area contributed by atoms with Gasteiger partial charge in [-0.3, -0.25) is 9.89 Å². The maximum atomic E-state index is 12.1. The van der Waals surface area contributed by atoms with Crippen LogP contribution in [0.25, 0.3) is 0 Å². The molecule has 0 aliphatic heterocycles. The van der Waals surface area contributed by atoms with Crippen LogP contribution in [0, 0.1) is 4.77 Å². The van der Waals surface area contributed by atoms with Crippen LogP contribution in [0.4, 0.5) is 0 Å². The summed E-state index contributed by atoms with van der Waals surface area (Å²) in [4.78, 5) is 12.1. The first-order valence-corrected chi connectivity index (χ1v) is 6.46. The molecule has 1 amide bonds. The van der Waals surface area contributed by atoms with E-state index >= 15 is 0 Å². The van der Waals surface area contributed by atoms with Gasteiger partial charge in [0.2, 0.25) is 0 Å². The summed E-state index contributed by atoms with van der Waals surface area (Å²) in [5, 5.41) is 10.0. The molecule has 0 aliphatic carbocycles. The second-order valence-corrected chi connectivity index (χ2v) is 4.91. The highest BCUT2D eigenvalue weighted by atomic mass is 35.5. The molecule has 1 aromatic carbocycles. The van der Waals surface area contributed by atoms with E-state index in [9.17, 15) is 4.79 Å². The van der Waals surface area contributed by atoms with Crippen molar-refractivity contribution in [1.29, 1.82) is 0 Å². The molecular weight excluding hydrogens is 284 g/mol. The van der Waals surface area contributed by atoms with Gasteiger partial charge in [-0.1, -0.05) is 23.7 Å². The maximum absolute atomic E-state index is 12.1. The van der Waals surface area contributed by atoms with Crippen LogP contribution in [-0.2, 0) is 7.05 Å². The number of aromatic amines is 1. The average Bonchev–Trinajstić information content (AvgIpc) is 2.70. The zero-order chi connectivity index (χ0) is 14.0. The van der Waals surface area contributed by atoms with Crippen molar-refractivity contribution in [3.8, 4) is 0 Å². The predicted octanol–water partition coefficient (Wildman–Crippen LogP) is 2.62. The minimum Gasteiger partial charge on any atom is -0.342 e. The highest BCUT2D eigenvalue weighted by Gasteiger charge is 2.17. The van der Waals surface area contributed by atoms with Gasteiger partial charge in [0.15, 0.2) is 10.6 Å². The van der Waals surface area contributed by atoms with Gasteiger partial charge in [-0.25, -0.2) is 0 Å². The van der Waals surface area contributed by atoms with Crippen molar-refractivity contribution in [3.63, 3.8) is 0 Å². The molecule has 2 aromatic rings. The van der Waals surface area contributed by atoms with Crippen molar-refractivity contribution in [2.75, 3.05) is 0 Å². The lowest BCUT2D eigenvalue weighted by Crippen LogP contribution is -2.28. The normalized spacial score (nSPS) is 12.2. The largest absolute Gasteiger partial charge is 0.342 e. The van der Waals surface area contributed by atoms with E-state index in [2.05, 4.69) is 15.5 Å². The molecule has 0 radical (unpaired) electrons. The van der Waals surface area contributed by atoms with Crippen LogP contribution < -0.4 is 5.32 Å². The van der Waals surface area contributed by atoms with Crippen LogP contribution in [0.3, 0.4) is 0 Å². The fourth-order valence-corrected chi connectivity index (χ4v) is 2.09. The summed E-state index contributed by atoms with van der Waals surface area (Å²) in [6.45, 7) is 1.83. The molecule has 0 saturated heterocycles. The first-order chi connectivity index (χ1) is 9.00. The number of rotatable bonds is 3. The number of carbonyl (C=O) groups excluding carboxylic acids is 1. The molecule has 100 valence electrons. The second-order valence-electron chi connectivity index (χ2n) is 4.12. The summed E-state index contributed by atoms with van der Waals surface area (Å²) in [5.41, 5.74) is 0.438. The Labute approximate surface area is 120 Å². The summed E-state index contributed by atoms with van der Waals surface area (Å²) < 4.78 is 2.22. The Morgan fingerprint density at radius 2 is 2.21 bits per heavy atom. The van der Waals surface area contributed by atoms with Gasteiger partial charge in [-0.15, -0.1) is 0 Å². The van der Waals surface area contributed by atoms with E-state index in [0.717, 1.165) is 0 Å². The third-order valence-electron chi connectivity index (χ3n) is 2.77. The number of carbonyl (C=O) groups is 1. The summed E-state index contributed by atoms with van der Waals surface area (Å²) in [6, 6.07) is 6.62. The maximum Gasteiger partial charge on any atom is 0.253 e. The Bertz CT molecular complexity index is 664. The number of aromatic nitrogens is 3. The van der Waals surface area contributed by atoms with Crippen LogP contribution in [0.1, 0.15) is 29.1 Å². The molecule has 0 spiro atoms. The zero-order valence-electron chi connectivity index (χ0n) is 10.5. The predicted molar refractivity (Wildman–Crippen MR) is 75.7 cm³/mol. The van der Waals surface area contributed by atoms with Crippen LogP contribution in [0.15, 0.2) is 24.3 Å². The minimum atomic E-state index is -0.276. The Balaban J connectivity index is 2.18. The Kier molecular flexibility index (Phi) is 4.01. The first-order valence-electron chi connectivity index (χ1n) is 5.67. The quantitative estimate of drug-likeness (QED) is 0.856. The number of benzene rings is 1. The highest BCUT2D eigenvalue weighted by Crippen LogP contribution is 2.16. The van der Waals surface area contributed by atoms with E-state index in [1.165, 1.54) is 0 Å². The Morgan fingerprint density at radius 3 is 2.79 bits per heavy atom. The van der Waals surface area contributed by atoms with Crippen LogP contribution in [0.2, 0.25) is 5.02 Å². The molecular formula is C12H13ClN4OS. The van der Waals surface area contributed by atoms with Gasteiger partial charge in [-0.05, 0) is 31.3 Å². The van der Waals surface area contributed by atoms with Crippen molar-refractivity contribution in [2.24, 2.45) is 7.05 Å². The smallest absolute Gasteiger partial charge is 0.253 e. The third-order valence-corrected chi connectivity index (χ3v) is 3.46. The number of halogens is 1. The summed E-state index contributed by atoms with van der Waals surface area (Å²) in [6.07, 6.45) is 0. The van der Waals surface area contributed by atoms with Gasteiger partial charge in [0, 0.05) is 7.05 Å². The Morgan fingerprint density at radius 1 is 1.53 bits per heavy atom. The second kappa shape index (κ2) is 5.54. The molecule has 0 bridgehead atoms. The van der Waals surface area contributed by atoms with Gasteiger partial charge in [0.25, 0.3) is 5.91 Å². The molecule has 1 heterocycles. The summed E-state index contributed by atoms with van der Waals surface area (Å²) in [7, 11) is 1.79. The van der Waals surface area contributed by atoms with Gasteiger partial charge in [0.05, 0.1) is 16.6 Å². The van der Waals surface area contributed by atoms with Crippen molar-refractivity contribution < 1.29 is 4.79 Å². The lowest BCUT2D eigenvalue weighted by Gasteiger charge is -2.13. The van der Waals surface area contributed by atoms with E-state index in [4.69, 9.17) is 23.8 Å². The third kappa shape index (κ3) is 2.85. The van der Waals surface area contributed by atoms with E-state index in [0.29, 0.717) is 21.2 Å². The number of amides is 1. The van der Waals surface area contributed by atoms with Crippen LogP contribution in [0.5, 0.6) is 0 Å². The topological polar surface area (TPSA) is 62.7 Å². The highest BCUT2D eigenvalue weighted by molar-refractivity contribution is 7.71. The van der Waals surface area contributed by atoms with E-state index < -0.39 is 0 Å². The van der Waals surface area contributed by atoms with Crippen molar-refractivity contribution in [1.82, 2.24) is 20.1 Å². The molecule has 19 heavy (non-hydrogen) atoms. The van der Waals surface area contributed by atoms with Gasteiger partial charge < -0.3 is 9.88 Å². The molecule has 2 rings (SSSR count). The van der Waals surface area contributed by atoms with Crippen LogP contribution in [-0.4, -0.2) is 20.7 Å². The molecule has 2 N–H and O–H groups in total. The van der Waals surface area contributed by atoms with E-state index in [1.54, 1.807) is 35.9 Å². The number of H-pyrrole nitrogens is 1. The van der Waals surface area contributed by atoms with Gasteiger partial charge >= 0.3 is 0 Å². The molecule has 0 unspecified atom stereocenters. The SMILES string of the molecule is C[C@H](NC(=O)c1ccccc1Cl)c1n[nH]c(=S)n1C. The zero-order valence-corrected chi connectivity index (χ0v) is 12.0. The minimum absolute atomic E-state index is 0.244. The van der Waals surface area contributed by atoms with Crippen molar-refractivity contribution >= 4 is 29.7 Å². The van der Waals surface area contributed by atoms with Gasteiger partial charge in [-0.2, -0.15) is 5.10 Å². The number of hydrogen-bond acceptors (Lipinski definition) is 3. The van der Waals surface area contributed by atoms with Crippen molar-refractivity contribution in [2.45, 2.75) is 13.0 Å². The van der Waals surface area contributed by atoms with E-state index in [-0.39, 0.29) is 11.9 Å². The standard InChI is InChI=1S/C12H13ClN4OS/c1-7(10-15-16-12(19)17(10)2)14-11(18)8-5-3-4-6-9(8)13/h3-7H,1-2H3,(H,14,18)(H,16,19)/t7-/m0/s1. The summed E-state index contributed by atoms with van der Waals surface area (Å²) in [5.74, 6) is 0.414. The lowest BCUT2D eigenvalue weighted by molar-refractivity contribution is 0.0938. The monoisotopic (exact) mass is 296 g/mol. The molecule has 1 aromatic heterocycles.